The third kappa shape index (κ3) is 6.61. The second-order valence-corrected chi connectivity index (χ2v) is 6.97. The van der Waals surface area contributed by atoms with E-state index in [-0.39, 0.29) is 35.8 Å². The van der Waals surface area contributed by atoms with Gasteiger partial charge in [-0.05, 0) is 56.0 Å². The molecule has 5 nitrogen and oxygen atoms in total. The molecule has 152 valence electrons. The number of guanidine groups is 1. The van der Waals surface area contributed by atoms with E-state index in [0.717, 1.165) is 56.2 Å². The third-order valence-corrected chi connectivity index (χ3v) is 4.84. The zero-order valence-electron chi connectivity index (χ0n) is 16.5. The average Bonchev–Trinajstić information content (AvgIpc) is 2.69. The van der Waals surface area contributed by atoms with Crippen molar-refractivity contribution in [2.24, 2.45) is 4.99 Å². The van der Waals surface area contributed by atoms with Gasteiger partial charge >= 0.3 is 0 Å². The maximum atomic E-state index is 13.5. The van der Waals surface area contributed by atoms with E-state index < -0.39 is 0 Å². The maximum Gasteiger partial charge on any atom is 0.191 e. The van der Waals surface area contributed by atoms with Crippen LogP contribution >= 0.6 is 24.0 Å². The molecule has 1 aromatic carbocycles. The SMILES string of the molecule is CN=C(NCCc1ccc(C)nc1)NC1CCCN(c2cccc(F)c2)C1.I. The van der Waals surface area contributed by atoms with Gasteiger partial charge in [0.25, 0.3) is 0 Å². The summed E-state index contributed by atoms with van der Waals surface area (Å²) in [6, 6.07) is 11.2. The Hall–Kier alpha value is -1.90. The molecule has 1 aliphatic rings. The number of piperidine rings is 1. The van der Waals surface area contributed by atoms with E-state index >= 15 is 0 Å². The number of pyridine rings is 1. The molecule has 1 unspecified atom stereocenters. The summed E-state index contributed by atoms with van der Waals surface area (Å²) in [6.07, 6.45) is 4.97. The van der Waals surface area contributed by atoms with Crippen LogP contribution < -0.4 is 15.5 Å². The molecule has 1 aliphatic heterocycles. The van der Waals surface area contributed by atoms with Crippen LogP contribution in [-0.4, -0.2) is 43.7 Å². The zero-order valence-corrected chi connectivity index (χ0v) is 18.8. The van der Waals surface area contributed by atoms with Crippen LogP contribution in [0.5, 0.6) is 0 Å². The van der Waals surface area contributed by atoms with E-state index in [1.54, 1.807) is 19.2 Å². The Morgan fingerprint density at radius 2 is 2.18 bits per heavy atom. The maximum absolute atomic E-state index is 13.5. The van der Waals surface area contributed by atoms with Gasteiger partial charge in [-0.15, -0.1) is 24.0 Å². The van der Waals surface area contributed by atoms with Gasteiger partial charge in [0.05, 0.1) is 0 Å². The number of aliphatic imine (C=N–C) groups is 1. The van der Waals surface area contributed by atoms with Crippen molar-refractivity contribution >= 4 is 35.6 Å². The highest BCUT2D eigenvalue weighted by molar-refractivity contribution is 14.0. The van der Waals surface area contributed by atoms with Crippen LogP contribution in [0.15, 0.2) is 47.6 Å². The molecule has 1 fully saturated rings. The highest BCUT2D eigenvalue weighted by Crippen LogP contribution is 2.20. The summed E-state index contributed by atoms with van der Waals surface area (Å²) in [5.74, 6) is 0.617. The highest BCUT2D eigenvalue weighted by Gasteiger charge is 2.21. The number of aryl methyl sites for hydroxylation is 1. The molecule has 28 heavy (non-hydrogen) atoms. The van der Waals surface area contributed by atoms with Crippen molar-refractivity contribution in [1.29, 1.82) is 0 Å². The smallest absolute Gasteiger partial charge is 0.191 e. The molecule has 3 rings (SSSR count). The number of benzene rings is 1. The first-order valence-electron chi connectivity index (χ1n) is 9.53. The predicted octanol–water partition coefficient (Wildman–Crippen LogP) is 3.52. The van der Waals surface area contributed by atoms with E-state index in [2.05, 4.69) is 31.6 Å². The highest BCUT2D eigenvalue weighted by atomic mass is 127. The number of nitrogens with zero attached hydrogens (tertiary/aromatic N) is 3. The van der Waals surface area contributed by atoms with Gasteiger partial charge in [-0.25, -0.2) is 4.39 Å². The number of anilines is 1. The zero-order chi connectivity index (χ0) is 19.1. The Labute approximate surface area is 183 Å². The van der Waals surface area contributed by atoms with Crippen molar-refractivity contribution in [2.45, 2.75) is 32.2 Å². The topological polar surface area (TPSA) is 52.6 Å². The summed E-state index contributed by atoms with van der Waals surface area (Å²) in [4.78, 5) is 10.9. The molecule has 1 atom stereocenters. The molecule has 0 bridgehead atoms. The third-order valence-electron chi connectivity index (χ3n) is 4.84. The summed E-state index contributed by atoms with van der Waals surface area (Å²) in [5, 5.41) is 6.88. The van der Waals surface area contributed by atoms with Crippen LogP contribution in [0.25, 0.3) is 0 Å². The molecule has 2 aromatic rings. The molecule has 2 heterocycles. The minimum absolute atomic E-state index is 0. The number of nitrogens with one attached hydrogen (secondary N) is 2. The molecule has 0 aliphatic carbocycles. The number of rotatable bonds is 5. The van der Waals surface area contributed by atoms with E-state index in [1.165, 1.54) is 11.6 Å². The van der Waals surface area contributed by atoms with Crippen molar-refractivity contribution in [3.05, 3.63) is 59.7 Å². The van der Waals surface area contributed by atoms with Crippen LogP contribution in [0.1, 0.15) is 24.1 Å². The van der Waals surface area contributed by atoms with Crippen molar-refractivity contribution in [3.63, 3.8) is 0 Å². The van der Waals surface area contributed by atoms with Crippen LogP contribution in [0.2, 0.25) is 0 Å². The second-order valence-electron chi connectivity index (χ2n) is 6.97. The number of aromatic nitrogens is 1. The van der Waals surface area contributed by atoms with Crippen LogP contribution in [0, 0.1) is 12.7 Å². The summed E-state index contributed by atoms with van der Waals surface area (Å²) in [6.45, 7) is 4.58. The fourth-order valence-corrected chi connectivity index (χ4v) is 3.36. The van der Waals surface area contributed by atoms with E-state index in [0.29, 0.717) is 0 Å². The molecule has 0 amide bonds. The number of hydrogen-bond acceptors (Lipinski definition) is 3. The van der Waals surface area contributed by atoms with Crippen molar-refractivity contribution in [1.82, 2.24) is 15.6 Å². The molecule has 2 N–H and O–H groups in total. The molecule has 1 saturated heterocycles. The molecule has 0 radical (unpaired) electrons. The molecular weight excluding hydrogens is 468 g/mol. The average molecular weight is 497 g/mol. The molecule has 7 heteroatoms. The van der Waals surface area contributed by atoms with Gasteiger partial charge in [0.15, 0.2) is 5.96 Å². The van der Waals surface area contributed by atoms with Crippen LogP contribution in [0.4, 0.5) is 10.1 Å². The lowest BCUT2D eigenvalue weighted by molar-refractivity contribution is 0.467. The molecule has 0 spiro atoms. The number of hydrogen-bond donors (Lipinski definition) is 2. The van der Waals surface area contributed by atoms with Crippen LogP contribution in [-0.2, 0) is 6.42 Å². The standard InChI is InChI=1S/C21H28FN5.HI/c1-16-8-9-17(14-25-16)10-11-24-21(23-2)26-19-6-4-12-27(15-19)20-7-3-5-18(22)13-20;/h3,5,7-9,13-14,19H,4,6,10-12,15H2,1-2H3,(H2,23,24,26);1H. The van der Waals surface area contributed by atoms with Gasteiger partial charge in [-0.3, -0.25) is 9.98 Å². The van der Waals surface area contributed by atoms with Crippen molar-refractivity contribution < 1.29 is 4.39 Å². The van der Waals surface area contributed by atoms with Crippen molar-refractivity contribution in [2.75, 3.05) is 31.6 Å². The first-order chi connectivity index (χ1) is 13.1. The van der Waals surface area contributed by atoms with E-state index in [9.17, 15) is 4.39 Å². The Morgan fingerprint density at radius 1 is 1.32 bits per heavy atom. The number of halogens is 2. The normalized spacial score (nSPS) is 17.0. The largest absolute Gasteiger partial charge is 0.369 e. The summed E-state index contributed by atoms with van der Waals surface area (Å²) < 4.78 is 13.5. The summed E-state index contributed by atoms with van der Waals surface area (Å²) >= 11 is 0. The lowest BCUT2D eigenvalue weighted by atomic mass is 10.0. The molecule has 1 aromatic heterocycles. The Bertz CT molecular complexity index is 766. The predicted molar refractivity (Wildman–Crippen MR) is 124 cm³/mol. The molecular formula is C21H29FIN5. The van der Waals surface area contributed by atoms with E-state index in [1.807, 2.05) is 25.3 Å². The summed E-state index contributed by atoms with van der Waals surface area (Å²) in [7, 11) is 1.79. The fraction of sp³-hybridized carbons (Fsp3) is 0.429. The monoisotopic (exact) mass is 497 g/mol. The van der Waals surface area contributed by atoms with E-state index in [4.69, 9.17) is 0 Å². The lowest BCUT2D eigenvalue weighted by Crippen LogP contribution is -2.51. The van der Waals surface area contributed by atoms with Crippen LogP contribution in [0.3, 0.4) is 0 Å². The van der Waals surface area contributed by atoms with Gasteiger partial charge < -0.3 is 15.5 Å². The Morgan fingerprint density at radius 3 is 2.89 bits per heavy atom. The minimum Gasteiger partial charge on any atom is -0.369 e. The van der Waals surface area contributed by atoms with Gasteiger partial charge in [0, 0.05) is 50.3 Å². The first-order valence-corrected chi connectivity index (χ1v) is 9.53. The molecule has 0 saturated carbocycles. The fourth-order valence-electron chi connectivity index (χ4n) is 3.36. The van der Waals surface area contributed by atoms with Gasteiger partial charge in [-0.1, -0.05) is 12.1 Å². The minimum atomic E-state index is -0.189. The Kier molecular flexibility index (Phi) is 8.95. The van der Waals surface area contributed by atoms with Gasteiger partial charge in [0.1, 0.15) is 5.82 Å². The summed E-state index contributed by atoms with van der Waals surface area (Å²) in [5.41, 5.74) is 3.18. The quantitative estimate of drug-likeness (QED) is 0.377. The first kappa shape index (κ1) is 22.4. The Balaban J connectivity index is 0.00000280. The van der Waals surface area contributed by atoms with Gasteiger partial charge in [0.2, 0.25) is 0 Å². The van der Waals surface area contributed by atoms with Gasteiger partial charge in [-0.2, -0.15) is 0 Å². The second kappa shape index (κ2) is 11.2. The van der Waals surface area contributed by atoms with Crippen molar-refractivity contribution in [3.8, 4) is 0 Å². The lowest BCUT2D eigenvalue weighted by Gasteiger charge is -2.35.